The third-order valence-corrected chi connectivity index (χ3v) is 4.80. The predicted molar refractivity (Wildman–Crippen MR) is 85.3 cm³/mol. The number of hydrogen-bond donors (Lipinski definition) is 2. The Hall–Kier alpha value is -0.770. The summed E-state index contributed by atoms with van der Waals surface area (Å²) in [6.45, 7) is 8.58. The van der Waals surface area contributed by atoms with Crippen LogP contribution in [0.4, 0.5) is 4.79 Å². The average Bonchev–Trinajstić information content (AvgIpc) is 2.68. The van der Waals surface area contributed by atoms with Crippen LogP contribution in [0.15, 0.2) is 0 Å². The Labute approximate surface area is 129 Å². The molecule has 0 aromatic rings. The third-order valence-electron chi connectivity index (χ3n) is 4.80. The fourth-order valence-electron chi connectivity index (χ4n) is 3.80. The van der Waals surface area contributed by atoms with E-state index in [-0.39, 0.29) is 6.09 Å². The lowest BCUT2D eigenvalue weighted by Gasteiger charge is -2.27. The van der Waals surface area contributed by atoms with Gasteiger partial charge in [0.25, 0.3) is 0 Å². The molecule has 1 saturated carbocycles. The fourth-order valence-corrected chi connectivity index (χ4v) is 3.80. The molecule has 0 radical (unpaired) electrons. The van der Waals surface area contributed by atoms with Crippen molar-refractivity contribution in [3.63, 3.8) is 0 Å². The van der Waals surface area contributed by atoms with Gasteiger partial charge in [-0.15, -0.1) is 0 Å². The van der Waals surface area contributed by atoms with Crippen molar-refractivity contribution in [2.24, 2.45) is 17.8 Å². The fraction of sp³-hybridized carbons (Fsp3) is 0.941. The highest BCUT2D eigenvalue weighted by molar-refractivity contribution is 5.67. The van der Waals surface area contributed by atoms with Crippen LogP contribution in [-0.2, 0) is 4.74 Å². The largest absolute Gasteiger partial charge is 0.444 e. The summed E-state index contributed by atoms with van der Waals surface area (Å²) in [5, 5.41) is 6.48. The smallest absolute Gasteiger partial charge is 0.407 e. The van der Waals surface area contributed by atoms with Crippen molar-refractivity contribution >= 4 is 6.09 Å². The molecule has 0 bridgehead atoms. The van der Waals surface area contributed by atoms with Crippen LogP contribution in [0.2, 0.25) is 0 Å². The number of nitrogens with one attached hydrogen (secondary N) is 2. The van der Waals surface area contributed by atoms with E-state index in [2.05, 4.69) is 10.6 Å². The molecule has 2 unspecified atom stereocenters. The molecule has 21 heavy (non-hydrogen) atoms. The molecular weight excluding hydrogens is 264 g/mol. The van der Waals surface area contributed by atoms with Gasteiger partial charge in [-0.05, 0) is 51.6 Å². The quantitative estimate of drug-likeness (QED) is 0.786. The summed E-state index contributed by atoms with van der Waals surface area (Å²) in [5.74, 6) is 2.12. The standard InChI is InChI=1S/C17H32N2O2/c1-17(2,3)21-16(20)19-11-14-10-18-12-15(14)13-8-6-4-5-7-9-13/h13-15,18H,4-12H2,1-3H3,(H,19,20). The zero-order chi connectivity index (χ0) is 15.3. The van der Waals surface area contributed by atoms with E-state index in [0.29, 0.717) is 5.92 Å². The van der Waals surface area contributed by atoms with Crippen LogP contribution in [0.25, 0.3) is 0 Å². The number of rotatable bonds is 3. The minimum absolute atomic E-state index is 0.283. The van der Waals surface area contributed by atoms with Crippen LogP contribution in [-0.4, -0.2) is 31.3 Å². The lowest BCUT2D eigenvalue weighted by atomic mass is 9.79. The number of ether oxygens (including phenoxy) is 1. The van der Waals surface area contributed by atoms with Gasteiger partial charge < -0.3 is 15.4 Å². The van der Waals surface area contributed by atoms with Gasteiger partial charge in [0.2, 0.25) is 0 Å². The number of amides is 1. The summed E-state index contributed by atoms with van der Waals surface area (Å²) in [5.41, 5.74) is -0.418. The highest BCUT2D eigenvalue weighted by Gasteiger charge is 2.34. The van der Waals surface area contributed by atoms with E-state index in [0.717, 1.165) is 31.5 Å². The SMILES string of the molecule is CC(C)(C)OC(=O)NCC1CNCC1C1CCCCCC1. The zero-order valence-corrected chi connectivity index (χ0v) is 13.9. The Balaban J connectivity index is 1.80. The van der Waals surface area contributed by atoms with Crippen LogP contribution in [0.5, 0.6) is 0 Å². The lowest BCUT2D eigenvalue weighted by molar-refractivity contribution is 0.0513. The first kappa shape index (κ1) is 16.6. The molecule has 0 aromatic heterocycles. The van der Waals surface area contributed by atoms with E-state index in [1.807, 2.05) is 20.8 Å². The van der Waals surface area contributed by atoms with Crippen molar-refractivity contribution < 1.29 is 9.53 Å². The zero-order valence-electron chi connectivity index (χ0n) is 13.9. The first-order valence-electron chi connectivity index (χ1n) is 8.63. The number of carbonyl (C=O) groups excluding carboxylic acids is 1. The molecule has 2 N–H and O–H groups in total. The Kier molecular flexibility index (Phi) is 5.91. The van der Waals surface area contributed by atoms with E-state index in [1.54, 1.807) is 0 Å². The Morgan fingerprint density at radius 1 is 1.14 bits per heavy atom. The molecule has 1 amide bonds. The van der Waals surface area contributed by atoms with Crippen molar-refractivity contribution in [3.05, 3.63) is 0 Å². The second-order valence-electron chi connectivity index (χ2n) is 7.72. The van der Waals surface area contributed by atoms with Gasteiger partial charge in [-0.2, -0.15) is 0 Å². The highest BCUT2D eigenvalue weighted by Crippen LogP contribution is 2.34. The van der Waals surface area contributed by atoms with Gasteiger partial charge in [-0.1, -0.05) is 38.5 Å². The van der Waals surface area contributed by atoms with E-state index in [1.165, 1.54) is 38.5 Å². The Bertz CT molecular complexity index is 330. The summed E-state index contributed by atoms with van der Waals surface area (Å²) in [6.07, 6.45) is 8.02. The molecule has 4 heteroatoms. The monoisotopic (exact) mass is 296 g/mol. The van der Waals surface area contributed by atoms with Gasteiger partial charge in [0.1, 0.15) is 5.60 Å². The molecule has 2 rings (SSSR count). The van der Waals surface area contributed by atoms with Gasteiger partial charge in [0.05, 0.1) is 0 Å². The average molecular weight is 296 g/mol. The molecule has 2 atom stereocenters. The first-order valence-corrected chi connectivity index (χ1v) is 8.63. The van der Waals surface area contributed by atoms with Gasteiger partial charge in [0, 0.05) is 6.54 Å². The van der Waals surface area contributed by atoms with E-state index < -0.39 is 5.60 Å². The van der Waals surface area contributed by atoms with Gasteiger partial charge in [-0.3, -0.25) is 0 Å². The molecule has 0 spiro atoms. The molecule has 1 heterocycles. The minimum Gasteiger partial charge on any atom is -0.444 e. The topological polar surface area (TPSA) is 50.4 Å². The molecule has 2 fully saturated rings. The van der Waals surface area contributed by atoms with Gasteiger partial charge in [0.15, 0.2) is 0 Å². The Morgan fingerprint density at radius 3 is 2.43 bits per heavy atom. The molecule has 2 aliphatic rings. The predicted octanol–water partition coefficient (Wildman–Crippen LogP) is 3.32. The number of hydrogen-bond acceptors (Lipinski definition) is 3. The summed E-state index contributed by atoms with van der Waals surface area (Å²) in [4.78, 5) is 11.8. The molecule has 122 valence electrons. The highest BCUT2D eigenvalue weighted by atomic mass is 16.6. The molecular formula is C17H32N2O2. The molecule has 4 nitrogen and oxygen atoms in total. The van der Waals surface area contributed by atoms with Crippen LogP contribution >= 0.6 is 0 Å². The van der Waals surface area contributed by atoms with Crippen LogP contribution in [0.1, 0.15) is 59.3 Å². The second kappa shape index (κ2) is 7.48. The molecule has 1 saturated heterocycles. The lowest BCUT2D eigenvalue weighted by Crippen LogP contribution is -2.38. The number of carbonyl (C=O) groups is 1. The molecule has 0 aromatic carbocycles. The van der Waals surface area contributed by atoms with Gasteiger partial charge >= 0.3 is 6.09 Å². The normalized spacial score (nSPS) is 28.1. The van der Waals surface area contributed by atoms with Crippen molar-refractivity contribution in [2.45, 2.75) is 64.9 Å². The second-order valence-corrected chi connectivity index (χ2v) is 7.72. The van der Waals surface area contributed by atoms with Crippen molar-refractivity contribution in [1.29, 1.82) is 0 Å². The maximum atomic E-state index is 11.8. The van der Waals surface area contributed by atoms with E-state index in [9.17, 15) is 4.79 Å². The summed E-state index contributed by atoms with van der Waals surface area (Å²) in [7, 11) is 0. The molecule has 1 aliphatic heterocycles. The van der Waals surface area contributed by atoms with E-state index >= 15 is 0 Å². The maximum absolute atomic E-state index is 11.8. The molecule has 1 aliphatic carbocycles. The van der Waals surface area contributed by atoms with Crippen molar-refractivity contribution in [2.75, 3.05) is 19.6 Å². The summed E-state index contributed by atoms with van der Waals surface area (Å²) < 4.78 is 5.33. The van der Waals surface area contributed by atoms with Crippen molar-refractivity contribution in [1.82, 2.24) is 10.6 Å². The maximum Gasteiger partial charge on any atom is 0.407 e. The van der Waals surface area contributed by atoms with Gasteiger partial charge in [-0.25, -0.2) is 4.79 Å². The first-order chi connectivity index (χ1) is 9.96. The third kappa shape index (κ3) is 5.50. The summed E-state index contributed by atoms with van der Waals surface area (Å²) in [6, 6.07) is 0. The number of alkyl carbamates (subject to hydrolysis) is 1. The van der Waals surface area contributed by atoms with Crippen LogP contribution in [0.3, 0.4) is 0 Å². The van der Waals surface area contributed by atoms with Crippen LogP contribution < -0.4 is 10.6 Å². The van der Waals surface area contributed by atoms with E-state index in [4.69, 9.17) is 4.74 Å². The summed E-state index contributed by atoms with van der Waals surface area (Å²) >= 11 is 0. The van der Waals surface area contributed by atoms with Crippen molar-refractivity contribution in [3.8, 4) is 0 Å². The van der Waals surface area contributed by atoms with Crippen LogP contribution in [0, 0.1) is 17.8 Å². The minimum atomic E-state index is -0.418. The Morgan fingerprint density at radius 2 is 1.81 bits per heavy atom.